The Bertz CT molecular complexity index is 690. The maximum atomic E-state index is 12.8. The monoisotopic (exact) mass is 321 g/mol. The quantitative estimate of drug-likeness (QED) is 0.835. The normalized spacial score (nSPS) is 11.1. The third-order valence-electron chi connectivity index (χ3n) is 2.77. The Morgan fingerprint density at radius 2 is 1.68 bits per heavy atom. The minimum Gasteiger partial charge on any atom is -0.267 e. The van der Waals surface area contributed by atoms with E-state index in [1.165, 1.54) is 41.8 Å². The molecule has 0 atom stereocenters. The second kappa shape index (κ2) is 6.23. The van der Waals surface area contributed by atoms with Gasteiger partial charge >= 0.3 is 0 Å². The van der Waals surface area contributed by atoms with E-state index in [9.17, 15) is 14.0 Å². The molecule has 5 nitrogen and oxygen atoms in total. The minimum atomic E-state index is -0.520. The van der Waals surface area contributed by atoms with E-state index < -0.39 is 17.6 Å². The van der Waals surface area contributed by atoms with Gasteiger partial charge in [-0.05, 0) is 24.3 Å². The third-order valence-corrected chi connectivity index (χ3v) is 4.19. The van der Waals surface area contributed by atoms with Crippen LogP contribution in [0.1, 0.15) is 45.8 Å². The lowest BCUT2D eigenvalue weighted by Gasteiger charge is -2.13. The van der Waals surface area contributed by atoms with E-state index in [1.54, 1.807) is 0 Å². The van der Waals surface area contributed by atoms with Crippen molar-refractivity contribution in [3.05, 3.63) is 51.7 Å². The van der Waals surface area contributed by atoms with E-state index in [1.807, 2.05) is 20.8 Å². The Labute approximate surface area is 131 Å². The van der Waals surface area contributed by atoms with Crippen molar-refractivity contribution >= 4 is 23.2 Å². The molecule has 0 aliphatic rings. The smallest absolute Gasteiger partial charge is 0.267 e. The Hall–Kier alpha value is -2.28. The molecule has 1 aromatic carbocycles. The van der Waals surface area contributed by atoms with Crippen LogP contribution in [0.5, 0.6) is 0 Å². The van der Waals surface area contributed by atoms with Crippen LogP contribution in [-0.4, -0.2) is 16.8 Å². The lowest BCUT2D eigenvalue weighted by atomic mass is 9.98. The number of amides is 2. The minimum absolute atomic E-state index is 0.138. The van der Waals surface area contributed by atoms with Crippen LogP contribution < -0.4 is 10.9 Å². The van der Waals surface area contributed by atoms with Crippen molar-refractivity contribution in [2.75, 3.05) is 0 Å². The molecule has 116 valence electrons. The molecule has 2 N–H and O–H groups in total. The molecule has 0 spiro atoms. The summed E-state index contributed by atoms with van der Waals surface area (Å²) in [4.78, 5) is 28.4. The highest BCUT2D eigenvalue weighted by Gasteiger charge is 2.20. The van der Waals surface area contributed by atoms with Crippen LogP contribution in [0.15, 0.2) is 30.5 Å². The van der Waals surface area contributed by atoms with Crippen LogP contribution in [-0.2, 0) is 5.41 Å². The summed E-state index contributed by atoms with van der Waals surface area (Å²) >= 11 is 1.27. The lowest BCUT2D eigenvalue weighted by molar-refractivity contribution is 0.0848. The number of carbonyl (C=O) groups excluding carboxylic acids is 2. The maximum absolute atomic E-state index is 12.8. The van der Waals surface area contributed by atoms with Gasteiger partial charge in [0.2, 0.25) is 0 Å². The van der Waals surface area contributed by atoms with Crippen molar-refractivity contribution in [1.82, 2.24) is 15.8 Å². The molecule has 0 aliphatic heterocycles. The SMILES string of the molecule is CC(C)(C)c1ncc(C(=O)NNC(=O)c2ccc(F)cc2)s1. The summed E-state index contributed by atoms with van der Waals surface area (Å²) < 4.78 is 12.8. The number of hydrogen-bond donors (Lipinski definition) is 2. The summed E-state index contributed by atoms with van der Waals surface area (Å²) in [6, 6.07) is 5.02. The molecule has 0 unspecified atom stereocenters. The Balaban J connectivity index is 1.96. The van der Waals surface area contributed by atoms with Crippen molar-refractivity contribution in [1.29, 1.82) is 0 Å². The molecule has 0 saturated heterocycles. The number of rotatable bonds is 2. The number of halogens is 1. The predicted molar refractivity (Wildman–Crippen MR) is 82.1 cm³/mol. The Kier molecular flexibility index (Phi) is 4.56. The molecule has 0 fully saturated rings. The summed E-state index contributed by atoms with van der Waals surface area (Å²) in [6.07, 6.45) is 1.48. The van der Waals surface area contributed by atoms with E-state index in [0.717, 1.165) is 5.01 Å². The van der Waals surface area contributed by atoms with Gasteiger partial charge in [0.05, 0.1) is 11.2 Å². The van der Waals surface area contributed by atoms with Crippen molar-refractivity contribution in [2.24, 2.45) is 0 Å². The van der Waals surface area contributed by atoms with Gasteiger partial charge in [0.25, 0.3) is 11.8 Å². The van der Waals surface area contributed by atoms with Crippen molar-refractivity contribution in [2.45, 2.75) is 26.2 Å². The number of aromatic nitrogens is 1. The van der Waals surface area contributed by atoms with E-state index in [4.69, 9.17) is 0 Å². The Morgan fingerprint density at radius 3 is 2.23 bits per heavy atom. The second-order valence-electron chi connectivity index (χ2n) is 5.69. The first kappa shape index (κ1) is 16.1. The van der Waals surface area contributed by atoms with Gasteiger partial charge < -0.3 is 0 Å². The number of nitrogens with zero attached hydrogens (tertiary/aromatic N) is 1. The molecule has 22 heavy (non-hydrogen) atoms. The number of hydrogen-bond acceptors (Lipinski definition) is 4. The zero-order valence-corrected chi connectivity index (χ0v) is 13.3. The highest BCUT2D eigenvalue weighted by Crippen LogP contribution is 2.26. The number of hydrazine groups is 1. The van der Waals surface area contributed by atoms with Gasteiger partial charge in [0.15, 0.2) is 0 Å². The number of benzene rings is 1. The first-order valence-corrected chi connectivity index (χ1v) is 7.41. The number of thiazole rings is 1. The molecular weight excluding hydrogens is 305 g/mol. The average Bonchev–Trinajstić information content (AvgIpc) is 2.95. The third kappa shape index (κ3) is 3.88. The van der Waals surface area contributed by atoms with Crippen LogP contribution in [0.3, 0.4) is 0 Å². The fourth-order valence-corrected chi connectivity index (χ4v) is 2.44. The van der Waals surface area contributed by atoms with E-state index in [2.05, 4.69) is 15.8 Å². The average molecular weight is 321 g/mol. The fraction of sp³-hybridized carbons (Fsp3) is 0.267. The highest BCUT2D eigenvalue weighted by molar-refractivity contribution is 7.13. The van der Waals surface area contributed by atoms with Crippen LogP contribution in [0.4, 0.5) is 4.39 Å². The van der Waals surface area contributed by atoms with Gasteiger partial charge in [-0.3, -0.25) is 20.4 Å². The predicted octanol–water partition coefficient (Wildman–Crippen LogP) is 2.65. The van der Waals surface area contributed by atoms with Gasteiger partial charge in [-0.15, -0.1) is 11.3 Å². The van der Waals surface area contributed by atoms with E-state index >= 15 is 0 Å². The summed E-state index contributed by atoms with van der Waals surface area (Å²) in [5.41, 5.74) is 4.71. The lowest BCUT2D eigenvalue weighted by Crippen LogP contribution is -2.41. The molecule has 0 aliphatic carbocycles. The first-order chi connectivity index (χ1) is 10.3. The standard InChI is InChI=1S/C15H16FN3O2S/c1-15(2,3)14-17-8-11(22-14)13(21)19-18-12(20)9-4-6-10(16)7-5-9/h4-8H,1-3H3,(H,18,20)(H,19,21). The summed E-state index contributed by atoms with van der Waals surface area (Å²) in [5.74, 6) is -1.39. The van der Waals surface area contributed by atoms with Crippen LogP contribution >= 0.6 is 11.3 Å². The summed E-state index contributed by atoms with van der Waals surface area (Å²) in [7, 11) is 0. The molecule has 0 saturated carbocycles. The molecule has 2 amide bonds. The second-order valence-corrected chi connectivity index (χ2v) is 6.73. The zero-order valence-electron chi connectivity index (χ0n) is 12.4. The Morgan fingerprint density at radius 1 is 1.09 bits per heavy atom. The van der Waals surface area contributed by atoms with Gasteiger partial charge in [0, 0.05) is 11.0 Å². The van der Waals surface area contributed by atoms with Crippen LogP contribution in [0.25, 0.3) is 0 Å². The van der Waals surface area contributed by atoms with Gasteiger partial charge in [-0.2, -0.15) is 0 Å². The van der Waals surface area contributed by atoms with Crippen molar-refractivity contribution in [3.8, 4) is 0 Å². The largest absolute Gasteiger partial charge is 0.281 e. The highest BCUT2D eigenvalue weighted by atomic mass is 32.1. The van der Waals surface area contributed by atoms with Gasteiger partial charge in [-0.25, -0.2) is 9.37 Å². The first-order valence-electron chi connectivity index (χ1n) is 6.60. The van der Waals surface area contributed by atoms with Crippen LogP contribution in [0.2, 0.25) is 0 Å². The summed E-state index contributed by atoms with van der Waals surface area (Å²) in [6.45, 7) is 6.01. The molecule has 7 heteroatoms. The number of carbonyl (C=O) groups is 2. The van der Waals surface area contributed by atoms with Gasteiger partial charge in [-0.1, -0.05) is 20.8 Å². The molecular formula is C15H16FN3O2S. The van der Waals surface area contributed by atoms with Gasteiger partial charge in [0.1, 0.15) is 10.7 Å². The van der Waals surface area contributed by atoms with Crippen molar-refractivity contribution < 1.29 is 14.0 Å². The maximum Gasteiger partial charge on any atom is 0.281 e. The molecule has 2 rings (SSSR count). The molecule has 0 bridgehead atoms. The molecule has 1 aromatic heterocycles. The van der Waals surface area contributed by atoms with E-state index in [-0.39, 0.29) is 11.0 Å². The topological polar surface area (TPSA) is 71.1 Å². The summed E-state index contributed by atoms with van der Waals surface area (Å²) in [5, 5.41) is 0.836. The molecule has 0 radical (unpaired) electrons. The zero-order chi connectivity index (χ0) is 16.3. The fourth-order valence-electron chi connectivity index (χ4n) is 1.57. The van der Waals surface area contributed by atoms with E-state index in [0.29, 0.717) is 4.88 Å². The van der Waals surface area contributed by atoms with Crippen molar-refractivity contribution in [3.63, 3.8) is 0 Å². The number of nitrogens with one attached hydrogen (secondary N) is 2. The van der Waals surface area contributed by atoms with Crippen LogP contribution in [0, 0.1) is 5.82 Å². The molecule has 2 aromatic rings. The molecule has 1 heterocycles.